The quantitative estimate of drug-likeness (QED) is 0.857. The molecule has 1 saturated heterocycles. The number of carbonyl (C=O) groups is 2. The van der Waals surface area contributed by atoms with Crippen molar-refractivity contribution in [1.82, 2.24) is 25.2 Å². The lowest BCUT2D eigenvalue weighted by Gasteiger charge is -2.33. The van der Waals surface area contributed by atoms with Crippen LogP contribution in [-0.4, -0.2) is 58.1 Å². The molecule has 1 atom stereocenters. The van der Waals surface area contributed by atoms with E-state index in [1.807, 2.05) is 5.38 Å². The number of nitrogens with zero attached hydrogens (tertiary/aromatic N) is 4. The van der Waals surface area contributed by atoms with Crippen molar-refractivity contribution >= 4 is 23.3 Å². The second kappa shape index (κ2) is 8.70. The summed E-state index contributed by atoms with van der Waals surface area (Å²) in [4.78, 5) is 38.6. The Kier molecular flexibility index (Phi) is 6.11. The Balaban J connectivity index is 1.52. The van der Waals surface area contributed by atoms with E-state index in [2.05, 4.69) is 20.3 Å². The van der Waals surface area contributed by atoms with Crippen LogP contribution in [0.4, 0.5) is 4.79 Å². The maximum Gasteiger partial charge on any atom is 0.410 e. The molecule has 1 fully saturated rings. The summed E-state index contributed by atoms with van der Waals surface area (Å²) in [5, 5.41) is 5.61. The topological polar surface area (TPSA) is 97.3 Å². The summed E-state index contributed by atoms with van der Waals surface area (Å²) in [6.45, 7) is 1.01. The molecule has 8 nitrogen and oxygen atoms in total. The van der Waals surface area contributed by atoms with E-state index >= 15 is 0 Å². The normalized spacial score (nSPS) is 17.0. The highest BCUT2D eigenvalue weighted by molar-refractivity contribution is 7.13. The zero-order valence-corrected chi connectivity index (χ0v) is 15.4. The molecule has 9 heteroatoms. The van der Waals surface area contributed by atoms with E-state index in [1.54, 1.807) is 18.5 Å². The van der Waals surface area contributed by atoms with Crippen molar-refractivity contribution in [1.29, 1.82) is 0 Å². The van der Waals surface area contributed by atoms with Gasteiger partial charge < -0.3 is 10.1 Å². The fourth-order valence-electron chi connectivity index (χ4n) is 2.91. The average Bonchev–Trinajstić information content (AvgIpc) is 3.17. The highest BCUT2D eigenvalue weighted by Crippen LogP contribution is 2.20. The molecule has 0 bridgehead atoms. The van der Waals surface area contributed by atoms with Crippen molar-refractivity contribution in [2.24, 2.45) is 0 Å². The molecular weight excluding hydrogens is 354 g/mol. The maximum absolute atomic E-state index is 12.4. The van der Waals surface area contributed by atoms with E-state index in [0.717, 1.165) is 23.5 Å². The van der Waals surface area contributed by atoms with Crippen LogP contribution in [0, 0.1) is 0 Å². The molecule has 0 spiro atoms. The monoisotopic (exact) mass is 375 g/mol. The highest BCUT2D eigenvalue weighted by Gasteiger charge is 2.32. The van der Waals surface area contributed by atoms with Gasteiger partial charge in [0.2, 0.25) is 5.91 Å². The van der Waals surface area contributed by atoms with E-state index in [-0.39, 0.29) is 5.91 Å². The molecule has 2 aromatic heterocycles. The Morgan fingerprint density at radius 1 is 1.35 bits per heavy atom. The number of likely N-dealkylation sites (tertiary alicyclic amines) is 1. The predicted octanol–water partition coefficient (Wildman–Crippen LogP) is 1.88. The van der Waals surface area contributed by atoms with Crippen LogP contribution in [0.3, 0.4) is 0 Å². The third kappa shape index (κ3) is 4.34. The fraction of sp³-hybridized carbons (Fsp3) is 0.471. The Bertz CT molecular complexity index is 752. The van der Waals surface area contributed by atoms with Crippen molar-refractivity contribution in [3.63, 3.8) is 0 Å². The molecule has 0 aromatic carbocycles. The number of amides is 2. The van der Waals surface area contributed by atoms with Gasteiger partial charge in [0, 0.05) is 37.3 Å². The third-order valence-electron chi connectivity index (χ3n) is 4.20. The van der Waals surface area contributed by atoms with Gasteiger partial charge in [0.15, 0.2) is 10.8 Å². The number of aromatic nitrogens is 3. The second-order valence-corrected chi connectivity index (χ2v) is 6.79. The van der Waals surface area contributed by atoms with Crippen molar-refractivity contribution in [2.75, 3.05) is 20.2 Å². The lowest BCUT2D eigenvalue weighted by molar-refractivity contribution is -0.126. The van der Waals surface area contributed by atoms with Crippen molar-refractivity contribution in [3.05, 3.63) is 29.5 Å². The van der Waals surface area contributed by atoms with Gasteiger partial charge in [-0.05, 0) is 25.3 Å². The van der Waals surface area contributed by atoms with Gasteiger partial charge in [-0.15, -0.1) is 11.3 Å². The minimum Gasteiger partial charge on any atom is -0.453 e. The first kappa shape index (κ1) is 18.2. The van der Waals surface area contributed by atoms with Gasteiger partial charge in [-0.3, -0.25) is 9.69 Å². The molecule has 1 N–H and O–H groups in total. The number of thiazole rings is 1. The predicted molar refractivity (Wildman–Crippen MR) is 96.6 cm³/mol. The summed E-state index contributed by atoms with van der Waals surface area (Å²) in [6.07, 6.45) is 6.01. The number of rotatable bonds is 5. The maximum atomic E-state index is 12.4. The van der Waals surface area contributed by atoms with Crippen LogP contribution in [0.1, 0.15) is 25.0 Å². The second-order valence-electron chi connectivity index (χ2n) is 5.93. The van der Waals surface area contributed by atoms with E-state index in [9.17, 15) is 9.59 Å². The van der Waals surface area contributed by atoms with Crippen molar-refractivity contribution < 1.29 is 14.3 Å². The van der Waals surface area contributed by atoms with Gasteiger partial charge in [-0.2, -0.15) is 0 Å². The number of methoxy groups -OCH3 is 1. The van der Waals surface area contributed by atoms with Gasteiger partial charge in [0.25, 0.3) is 0 Å². The SMILES string of the molecule is COC(=O)N1CCCCC1C(=O)NCCc1csc(-c2ncccn2)n1. The minimum atomic E-state index is -0.458. The fourth-order valence-corrected chi connectivity index (χ4v) is 3.70. The molecule has 3 heterocycles. The molecule has 1 aliphatic heterocycles. The molecule has 1 aliphatic rings. The largest absolute Gasteiger partial charge is 0.453 e. The first-order chi connectivity index (χ1) is 12.7. The van der Waals surface area contributed by atoms with Crippen molar-refractivity contribution in [3.8, 4) is 10.8 Å². The Labute approximate surface area is 155 Å². The number of carbonyl (C=O) groups excluding carboxylic acids is 2. The van der Waals surface area contributed by atoms with E-state index < -0.39 is 12.1 Å². The van der Waals surface area contributed by atoms with Gasteiger partial charge in [0.05, 0.1) is 12.8 Å². The Morgan fingerprint density at radius 3 is 2.92 bits per heavy atom. The van der Waals surface area contributed by atoms with E-state index in [0.29, 0.717) is 31.8 Å². The van der Waals surface area contributed by atoms with Crippen LogP contribution < -0.4 is 5.32 Å². The molecule has 138 valence electrons. The zero-order chi connectivity index (χ0) is 18.4. The van der Waals surface area contributed by atoms with Crippen LogP contribution in [0.15, 0.2) is 23.8 Å². The molecule has 2 aromatic rings. The van der Waals surface area contributed by atoms with E-state index in [1.165, 1.54) is 23.3 Å². The lowest BCUT2D eigenvalue weighted by atomic mass is 10.0. The molecule has 1 unspecified atom stereocenters. The van der Waals surface area contributed by atoms with Crippen LogP contribution in [-0.2, 0) is 16.0 Å². The van der Waals surface area contributed by atoms with Crippen LogP contribution in [0.25, 0.3) is 10.8 Å². The van der Waals surface area contributed by atoms with Crippen LogP contribution in [0.5, 0.6) is 0 Å². The lowest BCUT2D eigenvalue weighted by Crippen LogP contribution is -2.52. The van der Waals surface area contributed by atoms with Gasteiger partial charge in [-0.25, -0.2) is 19.7 Å². The van der Waals surface area contributed by atoms with Crippen molar-refractivity contribution in [2.45, 2.75) is 31.7 Å². The van der Waals surface area contributed by atoms with Gasteiger partial charge in [0.1, 0.15) is 6.04 Å². The molecule has 0 radical (unpaired) electrons. The van der Waals surface area contributed by atoms with Gasteiger partial charge >= 0.3 is 6.09 Å². The Hall–Kier alpha value is -2.55. The summed E-state index contributed by atoms with van der Waals surface area (Å²) >= 11 is 1.48. The first-order valence-electron chi connectivity index (χ1n) is 8.53. The third-order valence-corrected chi connectivity index (χ3v) is 5.09. The minimum absolute atomic E-state index is 0.142. The number of piperidine rings is 1. The Morgan fingerprint density at radius 2 is 2.15 bits per heavy atom. The smallest absolute Gasteiger partial charge is 0.410 e. The average molecular weight is 375 g/mol. The molecule has 3 rings (SSSR count). The molecule has 0 aliphatic carbocycles. The molecule has 0 saturated carbocycles. The van der Waals surface area contributed by atoms with Gasteiger partial charge in [-0.1, -0.05) is 0 Å². The summed E-state index contributed by atoms with van der Waals surface area (Å²) in [7, 11) is 1.34. The highest BCUT2D eigenvalue weighted by atomic mass is 32.1. The summed E-state index contributed by atoms with van der Waals surface area (Å²) in [5.41, 5.74) is 0.881. The zero-order valence-electron chi connectivity index (χ0n) is 14.6. The molecule has 26 heavy (non-hydrogen) atoms. The standard InChI is InChI=1S/C17H21N5O3S/c1-25-17(24)22-10-3-2-5-13(22)15(23)20-9-6-12-11-26-16(21-12)14-18-7-4-8-19-14/h4,7-8,11,13H,2-3,5-6,9-10H2,1H3,(H,20,23). The summed E-state index contributed by atoms with van der Waals surface area (Å²) < 4.78 is 4.78. The number of nitrogens with one attached hydrogen (secondary N) is 1. The number of hydrogen-bond donors (Lipinski definition) is 1. The summed E-state index contributed by atoms with van der Waals surface area (Å²) in [5.74, 6) is 0.459. The van der Waals surface area contributed by atoms with E-state index in [4.69, 9.17) is 4.74 Å². The number of hydrogen-bond acceptors (Lipinski definition) is 7. The van der Waals surface area contributed by atoms with Crippen LogP contribution in [0.2, 0.25) is 0 Å². The summed E-state index contributed by atoms with van der Waals surface area (Å²) in [6, 6.07) is 1.30. The molecular formula is C17H21N5O3S. The first-order valence-corrected chi connectivity index (χ1v) is 9.41. The number of ether oxygens (including phenoxy) is 1. The molecule has 2 amide bonds. The van der Waals surface area contributed by atoms with Crippen LogP contribution >= 0.6 is 11.3 Å².